The van der Waals surface area contributed by atoms with Crippen LogP contribution in [0, 0.1) is 5.82 Å². The van der Waals surface area contributed by atoms with E-state index in [9.17, 15) is 30.7 Å². The summed E-state index contributed by atoms with van der Waals surface area (Å²) in [7, 11) is 0. The van der Waals surface area contributed by atoms with Gasteiger partial charge >= 0.3 is 12.4 Å². The zero-order chi connectivity index (χ0) is 13.7. The number of aromatic nitrogens is 2. The Hall–Kier alpha value is -1.80. The summed E-state index contributed by atoms with van der Waals surface area (Å²) in [4.78, 5) is 4.44. The van der Waals surface area contributed by atoms with E-state index in [4.69, 9.17) is 0 Å². The summed E-state index contributed by atoms with van der Waals surface area (Å²) in [5.41, 5.74) is -3.43. The SMILES string of the molecule is Fc1ccc2[nH]c(C(F)(F)F)nc2c1C(F)(F)F. The summed E-state index contributed by atoms with van der Waals surface area (Å²) in [6.07, 6.45) is -10.1. The molecule has 2 rings (SSSR count). The molecule has 1 N–H and O–H groups in total. The summed E-state index contributed by atoms with van der Waals surface area (Å²) in [6.45, 7) is 0. The molecule has 0 amide bonds. The van der Waals surface area contributed by atoms with Crippen molar-refractivity contribution in [2.24, 2.45) is 0 Å². The van der Waals surface area contributed by atoms with Gasteiger partial charge in [0.1, 0.15) is 16.9 Å². The lowest BCUT2D eigenvalue weighted by molar-refractivity contribution is -0.145. The van der Waals surface area contributed by atoms with Crippen LogP contribution in [0.25, 0.3) is 11.0 Å². The highest BCUT2D eigenvalue weighted by molar-refractivity contribution is 5.79. The Morgan fingerprint density at radius 2 is 1.56 bits per heavy atom. The lowest BCUT2D eigenvalue weighted by Crippen LogP contribution is -2.10. The molecule has 0 bridgehead atoms. The van der Waals surface area contributed by atoms with Crippen molar-refractivity contribution in [3.63, 3.8) is 0 Å². The average molecular weight is 272 g/mol. The monoisotopic (exact) mass is 272 g/mol. The molecule has 0 aliphatic rings. The van der Waals surface area contributed by atoms with Crippen molar-refractivity contribution in [2.75, 3.05) is 0 Å². The van der Waals surface area contributed by atoms with E-state index < -0.39 is 40.6 Å². The van der Waals surface area contributed by atoms with E-state index in [0.29, 0.717) is 6.07 Å². The summed E-state index contributed by atoms with van der Waals surface area (Å²) < 4.78 is 87.5. The van der Waals surface area contributed by atoms with Gasteiger partial charge in [0.05, 0.1) is 5.52 Å². The molecule has 0 saturated carbocycles. The van der Waals surface area contributed by atoms with Gasteiger partial charge in [0.2, 0.25) is 5.82 Å². The maximum Gasteiger partial charge on any atom is 0.449 e. The molecule has 9 heteroatoms. The van der Waals surface area contributed by atoms with E-state index in [2.05, 4.69) is 4.98 Å². The molecule has 0 aliphatic carbocycles. The maximum atomic E-state index is 13.1. The van der Waals surface area contributed by atoms with Gasteiger partial charge in [0.25, 0.3) is 0 Å². The van der Waals surface area contributed by atoms with E-state index in [1.54, 1.807) is 4.98 Å². The van der Waals surface area contributed by atoms with Crippen LogP contribution in [0.4, 0.5) is 30.7 Å². The Morgan fingerprint density at radius 1 is 0.944 bits per heavy atom. The van der Waals surface area contributed by atoms with Crippen molar-refractivity contribution in [1.82, 2.24) is 9.97 Å². The summed E-state index contributed by atoms with van der Waals surface area (Å²) in [5, 5.41) is 0. The highest BCUT2D eigenvalue weighted by Crippen LogP contribution is 2.37. The highest BCUT2D eigenvalue weighted by atomic mass is 19.4. The minimum atomic E-state index is -5.12. The molecule has 18 heavy (non-hydrogen) atoms. The highest BCUT2D eigenvalue weighted by Gasteiger charge is 2.40. The number of benzene rings is 1. The van der Waals surface area contributed by atoms with Gasteiger partial charge in [-0.05, 0) is 12.1 Å². The summed E-state index contributed by atoms with van der Waals surface area (Å²) in [6, 6.07) is 1.20. The summed E-state index contributed by atoms with van der Waals surface area (Å²) in [5.74, 6) is -3.27. The first-order chi connectivity index (χ1) is 8.10. The fraction of sp³-hybridized carbons (Fsp3) is 0.222. The van der Waals surface area contributed by atoms with Crippen molar-refractivity contribution < 1.29 is 30.7 Å². The maximum absolute atomic E-state index is 13.1. The third kappa shape index (κ3) is 2.00. The lowest BCUT2D eigenvalue weighted by atomic mass is 10.1. The van der Waals surface area contributed by atoms with Gasteiger partial charge in [0.15, 0.2) is 0 Å². The molecular formula is C9H3F7N2. The first-order valence-electron chi connectivity index (χ1n) is 4.43. The Labute approximate surface area is 94.4 Å². The Kier molecular flexibility index (Phi) is 2.53. The zero-order valence-corrected chi connectivity index (χ0v) is 8.25. The van der Waals surface area contributed by atoms with E-state index in [1.165, 1.54) is 0 Å². The van der Waals surface area contributed by atoms with Gasteiger partial charge in [-0.15, -0.1) is 0 Å². The second-order valence-corrected chi connectivity index (χ2v) is 3.40. The van der Waals surface area contributed by atoms with Crippen LogP contribution in [0.1, 0.15) is 11.4 Å². The van der Waals surface area contributed by atoms with Gasteiger partial charge in [-0.25, -0.2) is 9.37 Å². The fourth-order valence-corrected chi connectivity index (χ4v) is 1.45. The van der Waals surface area contributed by atoms with Gasteiger partial charge in [-0.2, -0.15) is 26.3 Å². The predicted octanol–water partition coefficient (Wildman–Crippen LogP) is 3.74. The number of alkyl halides is 6. The molecule has 0 spiro atoms. The van der Waals surface area contributed by atoms with Crippen LogP contribution in [-0.2, 0) is 12.4 Å². The normalized spacial score (nSPS) is 13.3. The molecule has 0 fully saturated rings. The topological polar surface area (TPSA) is 28.7 Å². The number of aromatic amines is 1. The standard InChI is InChI=1S/C9H3F7N2/c10-3-1-2-4-6(5(3)8(11,12)13)18-7(17-4)9(14,15)16/h1-2H,(H,17,18). The molecule has 0 radical (unpaired) electrons. The van der Waals surface area contributed by atoms with E-state index >= 15 is 0 Å². The van der Waals surface area contributed by atoms with Crippen molar-refractivity contribution >= 4 is 11.0 Å². The van der Waals surface area contributed by atoms with Crippen LogP contribution in [0.2, 0.25) is 0 Å². The Balaban J connectivity index is 2.78. The number of nitrogens with zero attached hydrogens (tertiary/aromatic N) is 1. The zero-order valence-electron chi connectivity index (χ0n) is 8.25. The van der Waals surface area contributed by atoms with Crippen molar-refractivity contribution in [1.29, 1.82) is 0 Å². The van der Waals surface area contributed by atoms with Gasteiger partial charge in [0, 0.05) is 0 Å². The van der Waals surface area contributed by atoms with Gasteiger partial charge < -0.3 is 4.98 Å². The molecule has 0 saturated heterocycles. The van der Waals surface area contributed by atoms with Gasteiger partial charge in [-0.1, -0.05) is 0 Å². The smallest absolute Gasteiger partial charge is 0.334 e. The van der Waals surface area contributed by atoms with E-state index in [1.807, 2.05) is 0 Å². The second kappa shape index (κ2) is 3.59. The second-order valence-electron chi connectivity index (χ2n) is 3.40. The number of rotatable bonds is 0. The molecule has 1 heterocycles. The number of fused-ring (bicyclic) bond motifs is 1. The Morgan fingerprint density at radius 3 is 2.06 bits per heavy atom. The molecule has 1 aromatic heterocycles. The number of halogens is 7. The van der Waals surface area contributed by atoms with Crippen LogP contribution in [0.3, 0.4) is 0 Å². The number of nitrogens with one attached hydrogen (secondary N) is 1. The van der Waals surface area contributed by atoms with Crippen LogP contribution in [0.5, 0.6) is 0 Å². The predicted molar refractivity (Wildman–Crippen MR) is 46.1 cm³/mol. The molecule has 2 aromatic rings. The van der Waals surface area contributed by atoms with Crippen molar-refractivity contribution in [2.45, 2.75) is 12.4 Å². The van der Waals surface area contributed by atoms with Crippen LogP contribution in [0.15, 0.2) is 12.1 Å². The average Bonchev–Trinajstić information content (AvgIpc) is 2.57. The molecule has 1 aromatic carbocycles. The van der Waals surface area contributed by atoms with E-state index in [-0.39, 0.29) is 0 Å². The first kappa shape index (κ1) is 12.7. The molecule has 98 valence electrons. The van der Waals surface area contributed by atoms with Crippen LogP contribution in [-0.4, -0.2) is 9.97 Å². The number of imidazole rings is 1. The fourth-order valence-electron chi connectivity index (χ4n) is 1.45. The number of H-pyrrole nitrogens is 1. The van der Waals surface area contributed by atoms with Crippen molar-refractivity contribution in [3.8, 4) is 0 Å². The van der Waals surface area contributed by atoms with Crippen LogP contribution < -0.4 is 0 Å². The van der Waals surface area contributed by atoms with Crippen LogP contribution >= 0.6 is 0 Å². The third-order valence-corrected chi connectivity index (χ3v) is 2.16. The molecule has 2 nitrogen and oxygen atoms in total. The summed E-state index contributed by atoms with van der Waals surface area (Å²) >= 11 is 0. The number of hydrogen-bond donors (Lipinski definition) is 1. The molecule has 0 aliphatic heterocycles. The first-order valence-corrected chi connectivity index (χ1v) is 4.43. The minimum Gasteiger partial charge on any atom is -0.334 e. The van der Waals surface area contributed by atoms with Crippen molar-refractivity contribution in [3.05, 3.63) is 29.3 Å². The van der Waals surface area contributed by atoms with E-state index in [0.717, 1.165) is 6.07 Å². The Bertz CT molecular complexity index is 593. The number of hydrogen-bond acceptors (Lipinski definition) is 1. The largest absolute Gasteiger partial charge is 0.449 e. The minimum absolute atomic E-state index is 0.434. The molecule has 0 unspecified atom stereocenters. The quantitative estimate of drug-likeness (QED) is 0.727. The van der Waals surface area contributed by atoms with Gasteiger partial charge in [-0.3, -0.25) is 0 Å². The molecular weight excluding hydrogens is 269 g/mol. The lowest BCUT2D eigenvalue weighted by Gasteiger charge is -2.07. The molecule has 0 atom stereocenters. The third-order valence-electron chi connectivity index (χ3n) is 2.16.